The standard InChI is InChI=1S/C4H8.C2H4O2/c1-3-4-2;1-2(3)4/h3-4H,1-2H3;1H3,(H,3,4)/b4-3+;. The van der Waals surface area contributed by atoms with E-state index in [-0.39, 0.29) is 0 Å². The molecule has 0 unspecified atom stereocenters. The van der Waals surface area contributed by atoms with Gasteiger partial charge in [-0.2, -0.15) is 0 Å². The molecule has 2 nitrogen and oxygen atoms in total. The van der Waals surface area contributed by atoms with E-state index < -0.39 is 5.97 Å². The van der Waals surface area contributed by atoms with E-state index >= 15 is 0 Å². The summed E-state index contributed by atoms with van der Waals surface area (Å²) >= 11 is 0. The molecule has 8 heavy (non-hydrogen) atoms. The molecule has 0 aromatic carbocycles. The first kappa shape index (κ1) is 10.2. The smallest absolute Gasteiger partial charge is 0.300 e. The molecule has 0 aromatic heterocycles. The Morgan fingerprint density at radius 1 is 1.38 bits per heavy atom. The molecule has 0 fully saturated rings. The van der Waals surface area contributed by atoms with Gasteiger partial charge >= 0.3 is 0 Å². The predicted molar refractivity (Wildman–Crippen MR) is 33.8 cm³/mol. The highest BCUT2D eigenvalue weighted by Crippen LogP contribution is 1.57. The maximum atomic E-state index is 9.00. The van der Waals surface area contributed by atoms with Crippen molar-refractivity contribution in [3.05, 3.63) is 12.2 Å². The van der Waals surface area contributed by atoms with Crippen molar-refractivity contribution in [2.24, 2.45) is 0 Å². The molecule has 0 spiro atoms. The van der Waals surface area contributed by atoms with Crippen molar-refractivity contribution >= 4 is 5.97 Å². The number of carboxylic acids is 1. The molecule has 48 valence electrons. The molecule has 0 aliphatic carbocycles. The van der Waals surface area contributed by atoms with E-state index in [1.54, 1.807) is 0 Å². The van der Waals surface area contributed by atoms with Gasteiger partial charge in [-0.3, -0.25) is 4.79 Å². The fourth-order valence-electron chi connectivity index (χ4n) is 0. The van der Waals surface area contributed by atoms with Crippen molar-refractivity contribution in [3.8, 4) is 0 Å². The molecule has 0 saturated heterocycles. The number of carbonyl (C=O) groups is 1. The van der Waals surface area contributed by atoms with Gasteiger partial charge in [-0.25, -0.2) is 0 Å². The molecule has 0 aliphatic rings. The van der Waals surface area contributed by atoms with Crippen molar-refractivity contribution in [1.29, 1.82) is 0 Å². The Morgan fingerprint density at radius 2 is 1.50 bits per heavy atom. The lowest BCUT2D eigenvalue weighted by Crippen LogP contribution is -1.78. The number of allylic oxidation sites excluding steroid dienone is 2. The molecule has 0 atom stereocenters. The van der Waals surface area contributed by atoms with E-state index in [9.17, 15) is 0 Å². The van der Waals surface area contributed by atoms with Crippen LogP contribution in [-0.2, 0) is 4.79 Å². The summed E-state index contributed by atoms with van der Waals surface area (Å²) < 4.78 is 0. The van der Waals surface area contributed by atoms with Crippen LogP contribution in [0.25, 0.3) is 0 Å². The largest absolute Gasteiger partial charge is 0.481 e. The number of rotatable bonds is 0. The third-order valence-corrected chi connectivity index (χ3v) is 0.333. The lowest BCUT2D eigenvalue weighted by molar-refractivity contribution is -0.134. The van der Waals surface area contributed by atoms with Gasteiger partial charge in [-0.05, 0) is 13.8 Å². The van der Waals surface area contributed by atoms with E-state index in [4.69, 9.17) is 9.90 Å². The van der Waals surface area contributed by atoms with Crippen LogP contribution >= 0.6 is 0 Å². The zero-order valence-electron chi connectivity index (χ0n) is 5.51. The maximum absolute atomic E-state index is 9.00. The summed E-state index contributed by atoms with van der Waals surface area (Å²) in [4.78, 5) is 9.00. The molecule has 0 radical (unpaired) electrons. The summed E-state index contributed by atoms with van der Waals surface area (Å²) in [6.45, 7) is 5.08. The highest BCUT2D eigenvalue weighted by Gasteiger charge is 1.65. The van der Waals surface area contributed by atoms with Gasteiger partial charge in [-0.15, -0.1) is 0 Å². The van der Waals surface area contributed by atoms with Gasteiger partial charge in [0.1, 0.15) is 0 Å². The fraction of sp³-hybridized carbons (Fsp3) is 0.500. The Hall–Kier alpha value is -0.790. The first-order valence-corrected chi connectivity index (χ1v) is 2.42. The average molecular weight is 116 g/mol. The van der Waals surface area contributed by atoms with Crippen molar-refractivity contribution in [2.45, 2.75) is 20.8 Å². The molecule has 0 aliphatic heterocycles. The molecule has 0 amide bonds. The number of hydrogen-bond donors (Lipinski definition) is 1. The van der Waals surface area contributed by atoms with Crippen LogP contribution in [-0.4, -0.2) is 11.1 Å². The van der Waals surface area contributed by atoms with E-state index in [2.05, 4.69) is 0 Å². The van der Waals surface area contributed by atoms with E-state index in [0.29, 0.717) is 0 Å². The highest BCUT2D eigenvalue weighted by molar-refractivity contribution is 5.62. The van der Waals surface area contributed by atoms with Crippen molar-refractivity contribution in [1.82, 2.24) is 0 Å². The van der Waals surface area contributed by atoms with Gasteiger partial charge in [0, 0.05) is 6.92 Å². The van der Waals surface area contributed by atoms with Crippen LogP contribution in [0.3, 0.4) is 0 Å². The average Bonchev–Trinajstić information content (AvgIpc) is 1.65. The Balaban J connectivity index is 0. The van der Waals surface area contributed by atoms with E-state index in [1.165, 1.54) is 0 Å². The summed E-state index contributed by atoms with van der Waals surface area (Å²) in [6.07, 6.45) is 4.00. The molecule has 1 N–H and O–H groups in total. The topological polar surface area (TPSA) is 37.3 Å². The van der Waals surface area contributed by atoms with Gasteiger partial charge in [0.15, 0.2) is 0 Å². The zero-order valence-corrected chi connectivity index (χ0v) is 5.51. The molecular weight excluding hydrogens is 104 g/mol. The third-order valence-electron chi connectivity index (χ3n) is 0.333. The van der Waals surface area contributed by atoms with Gasteiger partial charge < -0.3 is 5.11 Å². The Morgan fingerprint density at radius 3 is 1.50 bits per heavy atom. The van der Waals surface area contributed by atoms with Crippen LogP contribution in [0, 0.1) is 0 Å². The van der Waals surface area contributed by atoms with Crippen molar-refractivity contribution < 1.29 is 9.90 Å². The van der Waals surface area contributed by atoms with Gasteiger partial charge in [0.05, 0.1) is 0 Å². The Kier molecular flexibility index (Phi) is 12.2. The molecule has 2 heteroatoms. The Bertz CT molecular complexity index is 66.6. The summed E-state index contributed by atoms with van der Waals surface area (Å²) in [5.74, 6) is -0.833. The lowest BCUT2D eigenvalue weighted by atomic mass is 10.6. The van der Waals surface area contributed by atoms with Crippen LogP contribution in [0.15, 0.2) is 12.2 Å². The fourth-order valence-corrected chi connectivity index (χ4v) is 0. The molecule has 0 saturated carbocycles. The Labute approximate surface area is 49.8 Å². The number of carboxylic acid groups (broad SMARTS) is 1. The normalized spacial score (nSPS) is 7.88. The second-order valence-corrected chi connectivity index (χ2v) is 1.19. The molecule has 0 heterocycles. The summed E-state index contributed by atoms with van der Waals surface area (Å²) in [6, 6.07) is 0. The quantitative estimate of drug-likeness (QED) is 0.489. The number of aliphatic carboxylic acids is 1. The van der Waals surface area contributed by atoms with Gasteiger partial charge in [-0.1, -0.05) is 12.2 Å². The summed E-state index contributed by atoms with van der Waals surface area (Å²) in [5, 5.41) is 7.42. The van der Waals surface area contributed by atoms with Crippen molar-refractivity contribution in [2.75, 3.05) is 0 Å². The van der Waals surface area contributed by atoms with Gasteiger partial charge in [0.25, 0.3) is 5.97 Å². The second kappa shape index (κ2) is 9.51. The molecular formula is C6H12O2. The second-order valence-electron chi connectivity index (χ2n) is 1.19. The minimum atomic E-state index is -0.833. The first-order chi connectivity index (χ1) is 3.65. The van der Waals surface area contributed by atoms with Crippen LogP contribution in [0.1, 0.15) is 20.8 Å². The monoisotopic (exact) mass is 116 g/mol. The predicted octanol–water partition coefficient (Wildman–Crippen LogP) is 1.67. The van der Waals surface area contributed by atoms with Crippen LogP contribution in [0.4, 0.5) is 0 Å². The maximum Gasteiger partial charge on any atom is 0.300 e. The SMILES string of the molecule is C/C=C/C.CC(=O)O. The minimum absolute atomic E-state index is 0.833. The first-order valence-electron chi connectivity index (χ1n) is 2.42. The molecule has 0 bridgehead atoms. The minimum Gasteiger partial charge on any atom is -0.481 e. The summed E-state index contributed by atoms with van der Waals surface area (Å²) in [7, 11) is 0. The van der Waals surface area contributed by atoms with Crippen molar-refractivity contribution in [3.63, 3.8) is 0 Å². The molecule has 0 rings (SSSR count). The third kappa shape index (κ3) is 2090. The zero-order chi connectivity index (χ0) is 6.99. The van der Waals surface area contributed by atoms with E-state index in [0.717, 1.165) is 6.92 Å². The molecule has 0 aromatic rings. The van der Waals surface area contributed by atoms with Crippen LogP contribution < -0.4 is 0 Å². The van der Waals surface area contributed by atoms with E-state index in [1.807, 2.05) is 26.0 Å². The van der Waals surface area contributed by atoms with Gasteiger partial charge in [0.2, 0.25) is 0 Å². The van der Waals surface area contributed by atoms with Crippen LogP contribution in [0.2, 0.25) is 0 Å². The lowest BCUT2D eigenvalue weighted by Gasteiger charge is -1.59. The van der Waals surface area contributed by atoms with Crippen LogP contribution in [0.5, 0.6) is 0 Å². The highest BCUT2D eigenvalue weighted by atomic mass is 16.4. The summed E-state index contributed by atoms with van der Waals surface area (Å²) in [5.41, 5.74) is 0. The number of hydrogen-bond acceptors (Lipinski definition) is 1.